The molecule has 0 atom stereocenters. The summed E-state index contributed by atoms with van der Waals surface area (Å²) in [6.45, 7) is 4.59. The second-order valence-corrected chi connectivity index (χ2v) is 5.16. The third-order valence-corrected chi connectivity index (χ3v) is 3.25. The van der Waals surface area contributed by atoms with E-state index in [9.17, 15) is 10.1 Å². The van der Waals surface area contributed by atoms with Crippen LogP contribution in [0.5, 0.6) is 5.75 Å². The van der Waals surface area contributed by atoms with E-state index in [-0.39, 0.29) is 5.69 Å². The highest BCUT2D eigenvalue weighted by Crippen LogP contribution is 2.27. The zero-order valence-electron chi connectivity index (χ0n) is 12.1. The topological polar surface area (TPSA) is 78.4 Å². The predicted molar refractivity (Wildman–Crippen MR) is 82.4 cm³/mol. The summed E-state index contributed by atoms with van der Waals surface area (Å²) in [7, 11) is 0. The third-order valence-electron chi connectivity index (χ3n) is 3.25. The van der Waals surface area contributed by atoms with E-state index in [1.54, 1.807) is 0 Å². The first-order valence-electron chi connectivity index (χ1n) is 6.73. The van der Waals surface area contributed by atoms with E-state index >= 15 is 0 Å². The van der Waals surface area contributed by atoms with Crippen LogP contribution in [0, 0.1) is 10.1 Å². The van der Waals surface area contributed by atoms with Gasteiger partial charge in [-0.3, -0.25) is 10.1 Å². The Kier molecular flexibility index (Phi) is 4.42. The highest BCUT2D eigenvalue weighted by Gasteiger charge is 2.10. The van der Waals surface area contributed by atoms with E-state index in [2.05, 4.69) is 26.0 Å². The molecule has 2 N–H and O–H groups in total. The molecule has 0 unspecified atom stereocenters. The molecule has 0 spiro atoms. The molecule has 0 amide bonds. The number of nitro benzene ring substituents is 1. The minimum absolute atomic E-state index is 0.0330. The van der Waals surface area contributed by atoms with Crippen LogP contribution < -0.4 is 10.5 Å². The Morgan fingerprint density at radius 2 is 1.86 bits per heavy atom. The lowest BCUT2D eigenvalue weighted by molar-refractivity contribution is -0.384. The number of nitrogen functional groups attached to an aromatic ring is 1. The predicted octanol–water partition coefficient (Wildman–Crippen LogP) is 3.88. The maximum atomic E-state index is 10.7. The van der Waals surface area contributed by atoms with E-state index in [0.29, 0.717) is 24.0 Å². The molecule has 5 heteroatoms. The normalized spacial score (nSPS) is 10.6. The van der Waals surface area contributed by atoms with Crippen molar-refractivity contribution in [3.05, 3.63) is 63.7 Å². The number of hydrogen-bond acceptors (Lipinski definition) is 4. The molecule has 0 radical (unpaired) electrons. The Labute approximate surface area is 123 Å². The molecular weight excluding hydrogens is 268 g/mol. The molecule has 2 aromatic carbocycles. The number of anilines is 1. The van der Waals surface area contributed by atoms with Crippen molar-refractivity contribution in [2.45, 2.75) is 26.4 Å². The van der Waals surface area contributed by atoms with Gasteiger partial charge in [0.1, 0.15) is 12.4 Å². The van der Waals surface area contributed by atoms with Crippen molar-refractivity contribution in [1.82, 2.24) is 0 Å². The first-order valence-corrected chi connectivity index (χ1v) is 6.73. The van der Waals surface area contributed by atoms with Gasteiger partial charge in [-0.05, 0) is 23.1 Å². The Morgan fingerprint density at radius 1 is 1.19 bits per heavy atom. The highest BCUT2D eigenvalue weighted by atomic mass is 16.6. The maximum Gasteiger partial charge on any atom is 0.273 e. The molecule has 0 aromatic heterocycles. The van der Waals surface area contributed by atoms with Gasteiger partial charge >= 0.3 is 0 Å². The number of non-ortho nitro benzene ring substituents is 1. The van der Waals surface area contributed by atoms with Gasteiger partial charge in [-0.2, -0.15) is 0 Å². The summed E-state index contributed by atoms with van der Waals surface area (Å²) < 4.78 is 5.58. The number of nitrogens with zero attached hydrogens (tertiary/aromatic N) is 1. The number of nitro groups is 1. The zero-order valence-corrected chi connectivity index (χ0v) is 12.1. The molecule has 5 nitrogen and oxygen atoms in total. The minimum Gasteiger partial charge on any atom is -0.486 e. The van der Waals surface area contributed by atoms with Crippen LogP contribution in [0.4, 0.5) is 11.4 Å². The van der Waals surface area contributed by atoms with Gasteiger partial charge in [0.2, 0.25) is 0 Å². The molecule has 110 valence electrons. The van der Waals surface area contributed by atoms with Gasteiger partial charge in [0.15, 0.2) is 0 Å². The van der Waals surface area contributed by atoms with E-state index in [1.165, 1.54) is 23.8 Å². The second kappa shape index (κ2) is 6.26. The smallest absolute Gasteiger partial charge is 0.273 e. The average molecular weight is 286 g/mol. The van der Waals surface area contributed by atoms with Crippen LogP contribution in [0.3, 0.4) is 0 Å². The number of hydrogen-bond donors (Lipinski definition) is 1. The summed E-state index contributed by atoms with van der Waals surface area (Å²) in [5.41, 5.74) is 8.37. The lowest BCUT2D eigenvalue weighted by Gasteiger charge is -2.10. The van der Waals surface area contributed by atoms with Crippen LogP contribution >= 0.6 is 0 Å². The fourth-order valence-electron chi connectivity index (χ4n) is 1.92. The summed E-state index contributed by atoms with van der Waals surface area (Å²) in [4.78, 5) is 10.3. The van der Waals surface area contributed by atoms with Crippen molar-refractivity contribution in [3.63, 3.8) is 0 Å². The molecule has 2 aromatic rings. The monoisotopic (exact) mass is 286 g/mol. The highest BCUT2D eigenvalue weighted by molar-refractivity contribution is 5.57. The van der Waals surface area contributed by atoms with Crippen LogP contribution in [0.1, 0.15) is 30.9 Å². The first kappa shape index (κ1) is 14.8. The SMILES string of the molecule is CC(C)c1ccc(COc2cc([N+](=O)[O-])ccc2N)cc1. The fraction of sp³-hybridized carbons (Fsp3) is 0.250. The molecule has 0 aliphatic rings. The van der Waals surface area contributed by atoms with Crippen molar-refractivity contribution in [2.24, 2.45) is 0 Å². The molecule has 21 heavy (non-hydrogen) atoms. The summed E-state index contributed by atoms with van der Waals surface area (Å²) >= 11 is 0. The van der Waals surface area contributed by atoms with E-state index in [0.717, 1.165) is 5.56 Å². The number of ether oxygens (including phenoxy) is 1. The first-order chi connectivity index (χ1) is 9.97. The molecule has 0 heterocycles. The molecule has 0 saturated carbocycles. The van der Waals surface area contributed by atoms with Gasteiger partial charge in [0, 0.05) is 6.07 Å². The minimum atomic E-state index is -0.469. The molecule has 0 saturated heterocycles. The Balaban J connectivity index is 2.09. The molecular formula is C16H18N2O3. The average Bonchev–Trinajstić information content (AvgIpc) is 2.46. The van der Waals surface area contributed by atoms with Crippen molar-refractivity contribution >= 4 is 11.4 Å². The van der Waals surface area contributed by atoms with Crippen molar-refractivity contribution < 1.29 is 9.66 Å². The fourth-order valence-corrected chi connectivity index (χ4v) is 1.92. The van der Waals surface area contributed by atoms with Gasteiger partial charge in [-0.25, -0.2) is 0 Å². The Bertz CT molecular complexity index is 636. The van der Waals surface area contributed by atoms with E-state index in [1.807, 2.05) is 12.1 Å². The number of rotatable bonds is 5. The molecule has 0 bridgehead atoms. The number of nitrogens with two attached hydrogens (primary N) is 1. The molecule has 2 rings (SSSR count). The van der Waals surface area contributed by atoms with Crippen molar-refractivity contribution in [2.75, 3.05) is 5.73 Å². The molecule has 0 aliphatic heterocycles. The Morgan fingerprint density at radius 3 is 2.43 bits per heavy atom. The van der Waals surface area contributed by atoms with Crippen LogP contribution in [-0.4, -0.2) is 4.92 Å². The lowest BCUT2D eigenvalue weighted by atomic mass is 10.0. The maximum absolute atomic E-state index is 10.7. The summed E-state index contributed by atoms with van der Waals surface area (Å²) in [5.74, 6) is 0.810. The standard InChI is InChI=1S/C16H18N2O3/c1-11(2)13-5-3-12(4-6-13)10-21-16-9-14(18(19)20)7-8-15(16)17/h3-9,11H,10,17H2,1-2H3. The Hall–Kier alpha value is -2.56. The second-order valence-electron chi connectivity index (χ2n) is 5.16. The van der Waals surface area contributed by atoms with Gasteiger partial charge in [-0.1, -0.05) is 38.1 Å². The molecule has 0 aliphatic carbocycles. The van der Waals surface area contributed by atoms with Crippen LogP contribution in [0.2, 0.25) is 0 Å². The zero-order chi connectivity index (χ0) is 15.4. The van der Waals surface area contributed by atoms with E-state index < -0.39 is 4.92 Å². The van der Waals surface area contributed by atoms with Gasteiger partial charge < -0.3 is 10.5 Å². The summed E-state index contributed by atoms with van der Waals surface area (Å²) in [6.07, 6.45) is 0. The lowest BCUT2D eigenvalue weighted by Crippen LogP contribution is -2.00. The molecule has 0 fully saturated rings. The van der Waals surface area contributed by atoms with Crippen molar-refractivity contribution in [3.8, 4) is 5.75 Å². The van der Waals surface area contributed by atoms with Crippen molar-refractivity contribution in [1.29, 1.82) is 0 Å². The van der Waals surface area contributed by atoms with Gasteiger partial charge in [-0.15, -0.1) is 0 Å². The van der Waals surface area contributed by atoms with Gasteiger partial charge in [0.05, 0.1) is 16.7 Å². The summed E-state index contributed by atoms with van der Waals surface area (Å²) in [6, 6.07) is 12.3. The van der Waals surface area contributed by atoms with Crippen LogP contribution in [-0.2, 0) is 6.61 Å². The van der Waals surface area contributed by atoms with E-state index in [4.69, 9.17) is 10.5 Å². The quantitative estimate of drug-likeness (QED) is 0.514. The van der Waals surface area contributed by atoms with Crippen LogP contribution in [0.15, 0.2) is 42.5 Å². The largest absolute Gasteiger partial charge is 0.486 e. The number of benzene rings is 2. The third kappa shape index (κ3) is 3.72. The van der Waals surface area contributed by atoms with Crippen LogP contribution in [0.25, 0.3) is 0 Å². The summed E-state index contributed by atoms with van der Waals surface area (Å²) in [5, 5.41) is 10.7. The van der Waals surface area contributed by atoms with Gasteiger partial charge in [0.25, 0.3) is 5.69 Å².